The maximum Gasteiger partial charge on any atom is 0.440 e. The molecular formula is C16H8BrCl2F5N2O3. The highest BCUT2D eigenvalue weighted by Crippen LogP contribution is 2.38. The number of nitrogens with one attached hydrogen (secondary N) is 2. The van der Waals surface area contributed by atoms with Gasteiger partial charge in [0.05, 0.1) is 15.7 Å². The van der Waals surface area contributed by atoms with Gasteiger partial charge in [-0.2, -0.15) is 8.78 Å². The topological polar surface area (TPSA) is 67.4 Å². The number of anilines is 1. The second-order valence-electron chi connectivity index (χ2n) is 5.23. The van der Waals surface area contributed by atoms with Gasteiger partial charge in [0.1, 0.15) is 22.9 Å². The Kier molecular flexibility index (Phi) is 7.30. The predicted octanol–water partition coefficient (Wildman–Crippen LogP) is 5.90. The summed E-state index contributed by atoms with van der Waals surface area (Å²) in [5.74, 6) is -4.47. The minimum atomic E-state index is -4.27. The molecule has 1 unspecified atom stereocenters. The summed E-state index contributed by atoms with van der Waals surface area (Å²) in [7, 11) is 0. The summed E-state index contributed by atoms with van der Waals surface area (Å²) < 4.78 is 70.6. The Labute approximate surface area is 178 Å². The molecule has 2 aromatic carbocycles. The van der Waals surface area contributed by atoms with Crippen LogP contribution in [-0.4, -0.2) is 23.1 Å². The summed E-state index contributed by atoms with van der Waals surface area (Å²) in [6.45, 7) is 0. The van der Waals surface area contributed by atoms with Gasteiger partial charge in [0, 0.05) is 6.07 Å². The summed E-state index contributed by atoms with van der Waals surface area (Å²) in [6.07, 6.45) is -4.27. The summed E-state index contributed by atoms with van der Waals surface area (Å²) in [6, 6.07) is 3.05. The number of imide groups is 1. The Balaban J connectivity index is 2.15. The van der Waals surface area contributed by atoms with Gasteiger partial charge in [-0.25, -0.2) is 18.0 Å². The number of hydrogen-bond donors (Lipinski definition) is 2. The molecule has 2 aromatic rings. The molecule has 5 nitrogen and oxygen atoms in total. The fourth-order valence-electron chi connectivity index (χ4n) is 1.93. The number of carbonyl (C=O) groups excluding carboxylic acids is 2. The van der Waals surface area contributed by atoms with Crippen LogP contribution in [0, 0.1) is 11.6 Å². The van der Waals surface area contributed by atoms with E-state index < -0.39 is 51.1 Å². The molecule has 2 rings (SSSR count). The van der Waals surface area contributed by atoms with Crippen LogP contribution in [0.15, 0.2) is 30.3 Å². The Morgan fingerprint density at radius 1 is 1.10 bits per heavy atom. The number of hydrogen-bond acceptors (Lipinski definition) is 3. The van der Waals surface area contributed by atoms with E-state index in [1.54, 1.807) is 5.32 Å². The number of amides is 3. The lowest BCUT2D eigenvalue weighted by molar-refractivity contribution is -0.195. The molecule has 0 heterocycles. The Hall–Kier alpha value is -2.11. The second-order valence-corrected chi connectivity index (χ2v) is 6.85. The summed E-state index contributed by atoms with van der Waals surface area (Å²) in [5, 5.41) is 0.0201. The van der Waals surface area contributed by atoms with Crippen molar-refractivity contribution in [1.29, 1.82) is 0 Å². The van der Waals surface area contributed by atoms with E-state index in [-0.39, 0.29) is 10.7 Å². The molecule has 13 heteroatoms. The molecule has 0 radical (unpaired) electrons. The standard InChI is InChI=1S/C16H8BrCl2F5N2O3/c17-14(22)16(23,24)29-11-5-6(18)10(4-7(11)19)25-15(28)26-13(27)12-8(20)2-1-3-9(12)21/h1-5,14H,(H2,25,26,27,28). The third-order valence-corrected chi connectivity index (χ3v) is 4.33. The molecule has 2 N–H and O–H groups in total. The van der Waals surface area contributed by atoms with Crippen molar-refractivity contribution in [2.75, 3.05) is 5.32 Å². The monoisotopic (exact) mass is 520 g/mol. The Morgan fingerprint density at radius 3 is 2.24 bits per heavy atom. The third-order valence-electron chi connectivity index (χ3n) is 3.19. The van der Waals surface area contributed by atoms with Crippen LogP contribution in [0.1, 0.15) is 10.4 Å². The van der Waals surface area contributed by atoms with Crippen LogP contribution in [0.3, 0.4) is 0 Å². The van der Waals surface area contributed by atoms with Crippen LogP contribution in [0.25, 0.3) is 0 Å². The lowest BCUT2D eigenvalue weighted by atomic mass is 10.2. The second kappa shape index (κ2) is 9.14. The van der Waals surface area contributed by atoms with Crippen molar-refractivity contribution >= 4 is 56.8 Å². The van der Waals surface area contributed by atoms with Crippen molar-refractivity contribution in [2.45, 2.75) is 11.2 Å². The smallest absolute Gasteiger partial charge is 0.428 e. The molecule has 29 heavy (non-hydrogen) atoms. The third kappa shape index (κ3) is 5.71. The van der Waals surface area contributed by atoms with Crippen molar-refractivity contribution in [2.24, 2.45) is 0 Å². The van der Waals surface area contributed by atoms with E-state index in [0.717, 1.165) is 30.3 Å². The van der Waals surface area contributed by atoms with Crippen molar-refractivity contribution < 1.29 is 36.3 Å². The van der Waals surface area contributed by atoms with E-state index in [2.05, 4.69) is 4.74 Å². The van der Waals surface area contributed by atoms with Gasteiger partial charge in [-0.3, -0.25) is 10.1 Å². The molecule has 0 spiro atoms. The number of halogens is 8. The molecule has 3 amide bonds. The van der Waals surface area contributed by atoms with Crippen LogP contribution in [0.2, 0.25) is 10.0 Å². The van der Waals surface area contributed by atoms with Gasteiger partial charge in [-0.1, -0.05) is 29.3 Å². The first-order valence-corrected chi connectivity index (χ1v) is 9.00. The molecule has 0 saturated heterocycles. The minimum absolute atomic E-state index is 0.262. The minimum Gasteiger partial charge on any atom is -0.428 e. The van der Waals surface area contributed by atoms with Gasteiger partial charge in [0.2, 0.25) is 0 Å². The molecule has 0 aliphatic rings. The van der Waals surface area contributed by atoms with Crippen LogP contribution >= 0.6 is 39.1 Å². The van der Waals surface area contributed by atoms with Gasteiger partial charge >= 0.3 is 12.1 Å². The normalized spacial score (nSPS) is 12.3. The Bertz CT molecular complexity index is 942. The fourth-order valence-corrected chi connectivity index (χ4v) is 2.42. The largest absolute Gasteiger partial charge is 0.440 e. The quantitative estimate of drug-likeness (QED) is 0.380. The highest BCUT2D eigenvalue weighted by molar-refractivity contribution is 9.09. The molecular weight excluding hydrogens is 514 g/mol. The molecule has 0 aromatic heterocycles. The zero-order chi connectivity index (χ0) is 21.9. The molecule has 1 atom stereocenters. The van der Waals surface area contributed by atoms with E-state index in [1.807, 2.05) is 21.2 Å². The SMILES string of the molecule is O=C(NC(=O)c1c(F)cccc1F)Nc1cc(Cl)c(OC(F)(F)C(F)Br)cc1Cl. The molecule has 0 fully saturated rings. The van der Waals surface area contributed by atoms with Gasteiger partial charge in [-0.05, 0) is 34.1 Å². The lowest BCUT2D eigenvalue weighted by Crippen LogP contribution is -2.35. The zero-order valence-corrected chi connectivity index (χ0v) is 16.8. The van der Waals surface area contributed by atoms with E-state index in [1.165, 1.54) is 0 Å². The van der Waals surface area contributed by atoms with E-state index in [4.69, 9.17) is 23.2 Å². The maximum absolute atomic E-state index is 13.6. The van der Waals surface area contributed by atoms with Gasteiger partial charge in [0.15, 0.2) is 0 Å². The number of benzene rings is 2. The van der Waals surface area contributed by atoms with Crippen LogP contribution in [0.5, 0.6) is 5.75 Å². The lowest BCUT2D eigenvalue weighted by Gasteiger charge is -2.19. The first-order valence-electron chi connectivity index (χ1n) is 7.32. The van der Waals surface area contributed by atoms with Crippen LogP contribution in [-0.2, 0) is 0 Å². The number of urea groups is 1. The van der Waals surface area contributed by atoms with E-state index >= 15 is 0 Å². The number of rotatable bonds is 5. The highest BCUT2D eigenvalue weighted by atomic mass is 79.9. The van der Waals surface area contributed by atoms with Crippen molar-refractivity contribution in [3.63, 3.8) is 0 Å². The molecule has 0 aliphatic heterocycles. The van der Waals surface area contributed by atoms with E-state index in [9.17, 15) is 31.5 Å². The van der Waals surface area contributed by atoms with Crippen molar-refractivity contribution in [3.05, 3.63) is 57.6 Å². The molecule has 0 saturated carbocycles. The zero-order valence-electron chi connectivity index (χ0n) is 13.7. The number of carbonyl (C=O) groups is 2. The van der Waals surface area contributed by atoms with Crippen LogP contribution in [0.4, 0.5) is 32.4 Å². The number of alkyl halides is 4. The van der Waals surface area contributed by atoms with Crippen LogP contribution < -0.4 is 15.4 Å². The number of ether oxygens (including phenoxy) is 1. The Morgan fingerprint density at radius 2 is 1.69 bits per heavy atom. The van der Waals surface area contributed by atoms with Gasteiger partial charge in [-0.15, -0.1) is 0 Å². The fraction of sp³-hybridized carbons (Fsp3) is 0.125. The first kappa shape index (κ1) is 23.2. The van der Waals surface area contributed by atoms with Crippen molar-refractivity contribution in [3.8, 4) is 5.75 Å². The average molecular weight is 522 g/mol. The van der Waals surface area contributed by atoms with Gasteiger partial charge < -0.3 is 10.1 Å². The highest BCUT2D eigenvalue weighted by Gasteiger charge is 2.42. The molecule has 0 bridgehead atoms. The molecule has 156 valence electrons. The maximum atomic E-state index is 13.6. The summed E-state index contributed by atoms with van der Waals surface area (Å²) >= 11 is 13.6. The molecule has 0 aliphatic carbocycles. The predicted molar refractivity (Wildman–Crippen MR) is 98.7 cm³/mol. The summed E-state index contributed by atoms with van der Waals surface area (Å²) in [4.78, 5) is 23.7. The van der Waals surface area contributed by atoms with Crippen molar-refractivity contribution in [1.82, 2.24) is 5.32 Å². The first-order chi connectivity index (χ1) is 13.4. The van der Waals surface area contributed by atoms with E-state index in [0.29, 0.717) is 0 Å². The average Bonchev–Trinajstić information content (AvgIpc) is 2.58. The summed E-state index contributed by atoms with van der Waals surface area (Å²) in [5.41, 5.74) is -1.25. The van der Waals surface area contributed by atoms with Gasteiger partial charge in [0.25, 0.3) is 11.0 Å².